The van der Waals surface area contributed by atoms with Crippen molar-refractivity contribution in [3.8, 4) is 0 Å². The number of methoxy groups -OCH3 is 1. The van der Waals surface area contributed by atoms with Gasteiger partial charge in [-0.1, -0.05) is 6.07 Å². The number of rotatable bonds is 8. The summed E-state index contributed by atoms with van der Waals surface area (Å²) in [4.78, 5) is 11.6. The summed E-state index contributed by atoms with van der Waals surface area (Å²) in [5.74, 6) is -0.322. The van der Waals surface area contributed by atoms with Gasteiger partial charge in [0, 0.05) is 12.8 Å². The molecular formula is C12H18N2O5S. The van der Waals surface area contributed by atoms with Gasteiger partial charge in [0.05, 0.1) is 25.2 Å². The van der Waals surface area contributed by atoms with Crippen molar-refractivity contribution in [1.82, 2.24) is 0 Å². The van der Waals surface area contributed by atoms with E-state index in [4.69, 9.17) is 9.47 Å². The number of carbonyl (C=O) groups is 1. The molecule has 20 heavy (non-hydrogen) atoms. The molecule has 8 heteroatoms. The smallest absolute Gasteiger partial charge is 0.250 e. The van der Waals surface area contributed by atoms with E-state index in [9.17, 15) is 13.2 Å². The molecule has 0 aromatic heterocycles. The molecule has 0 bridgehead atoms. The van der Waals surface area contributed by atoms with Crippen molar-refractivity contribution >= 4 is 27.3 Å². The molecule has 0 spiro atoms. The van der Waals surface area contributed by atoms with E-state index < -0.39 is 10.0 Å². The predicted molar refractivity (Wildman–Crippen MR) is 76.2 cm³/mol. The Balaban J connectivity index is 2.51. The lowest BCUT2D eigenvalue weighted by Gasteiger charge is -2.08. The van der Waals surface area contributed by atoms with Gasteiger partial charge in [-0.25, -0.2) is 8.42 Å². The first kappa shape index (κ1) is 16.4. The van der Waals surface area contributed by atoms with Crippen molar-refractivity contribution in [2.45, 2.75) is 0 Å². The second kappa shape index (κ2) is 7.83. The highest BCUT2D eigenvalue weighted by Crippen LogP contribution is 2.15. The average molecular weight is 302 g/mol. The minimum absolute atomic E-state index is 0.0902. The van der Waals surface area contributed by atoms with E-state index in [1.54, 1.807) is 25.3 Å². The second-order valence-electron chi connectivity index (χ2n) is 4.05. The van der Waals surface area contributed by atoms with Gasteiger partial charge in [0.15, 0.2) is 0 Å². The maximum absolute atomic E-state index is 11.6. The highest BCUT2D eigenvalue weighted by Gasteiger charge is 2.05. The van der Waals surface area contributed by atoms with Crippen LogP contribution >= 0.6 is 0 Å². The largest absolute Gasteiger partial charge is 0.382 e. The number of hydrogen-bond donors (Lipinski definition) is 2. The number of ether oxygens (including phenoxy) is 2. The number of hydrogen-bond acceptors (Lipinski definition) is 5. The van der Waals surface area contributed by atoms with Gasteiger partial charge in [0.25, 0.3) is 0 Å². The SMILES string of the molecule is COCCOCC(=O)Nc1cccc(NS(C)(=O)=O)c1. The first-order chi connectivity index (χ1) is 9.40. The van der Waals surface area contributed by atoms with Gasteiger partial charge in [0.2, 0.25) is 15.9 Å². The van der Waals surface area contributed by atoms with Crippen LogP contribution in [0, 0.1) is 0 Å². The Labute approximate surface area is 118 Å². The first-order valence-electron chi connectivity index (χ1n) is 5.85. The number of carbonyl (C=O) groups excluding carboxylic acids is 1. The van der Waals surface area contributed by atoms with Gasteiger partial charge in [-0.05, 0) is 18.2 Å². The van der Waals surface area contributed by atoms with Gasteiger partial charge in [0.1, 0.15) is 6.61 Å². The highest BCUT2D eigenvalue weighted by atomic mass is 32.2. The van der Waals surface area contributed by atoms with Crippen LogP contribution in [0.4, 0.5) is 11.4 Å². The third kappa shape index (κ3) is 7.07. The van der Waals surface area contributed by atoms with E-state index in [1.165, 1.54) is 6.07 Å². The zero-order chi connectivity index (χ0) is 15.0. The van der Waals surface area contributed by atoms with E-state index in [-0.39, 0.29) is 12.5 Å². The van der Waals surface area contributed by atoms with Gasteiger partial charge in [-0.2, -0.15) is 0 Å². The maximum Gasteiger partial charge on any atom is 0.250 e. The lowest BCUT2D eigenvalue weighted by Crippen LogP contribution is -2.19. The zero-order valence-electron chi connectivity index (χ0n) is 11.4. The van der Waals surface area contributed by atoms with E-state index in [1.807, 2.05) is 0 Å². The fraction of sp³-hybridized carbons (Fsp3) is 0.417. The summed E-state index contributed by atoms with van der Waals surface area (Å²) in [7, 11) is -1.80. The van der Waals surface area contributed by atoms with Crippen LogP contribution in [0.3, 0.4) is 0 Å². The molecule has 0 aliphatic rings. The number of anilines is 2. The monoisotopic (exact) mass is 302 g/mol. The molecule has 0 fully saturated rings. The van der Waals surface area contributed by atoms with Crippen molar-refractivity contribution in [2.75, 3.05) is 43.2 Å². The summed E-state index contributed by atoms with van der Waals surface area (Å²) in [6, 6.07) is 6.40. The normalized spacial score (nSPS) is 11.1. The number of amides is 1. The topological polar surface area (TPSA) is 93.7 Å². The molecule has 0 atom stereocenters. The van der Waals surface area contributed by atoms with Crippen molar-refractivity contribution < 1.29 is 22.7 Å². The van der Waals surface area contributed by atoms with Crippen molar-refractivity contribution in [2.24, 2.45) is 0 Å². The quantitative estimate of drug-likeness (QED) is 0.688. The molecule has 0 aliphatic carbocycles. The third-order valence-electron chi connectivity index (χ3n) is 2.11. The summed E-state index contributed by atoms with van der Waals surface area (Å²) in [6.07, 6.45) is 1.06. The van der Waals surface area contributed by atoms with E-state index in [2.05, 4.69) is 10.0 Å². The summed E-state index contributed by atoms with van der Waals surface area (Å²) >= 11 is 0. The highest BCUT2D eigenvalue weighted by molar-refractivity contribution is 7.92. The molecule has 0 saturated carbocycles. The Hall–Kier alpha value is -1.64. The van der Waals surface area contributed by atoms with E-state index in [0.717, 1.165) is 6.26 Å². The molecule has 0 aliphatic heterocycles. The summed E-state index contributed by atoms with van der Waals surface area (Å²) < 4.78 is 34.4. The van der Waals surface area contributed by atoms with Crippen LogP contribution < -0.4 is 10.0 Å². The van der Waals surface area contributed by atoms with Gasteiger partial charge >= 0.3 is 0 Å². The lowest BCUT2D eigenvalue weighted by atomic mass is 10.3. The molecule has 1 aromatic carbocycles. The Bertz CT molecular complexity index is 545. The molecule has 0 radical (unpaired) electrons. The fourth-order valence-electron chi connectivity index (χ4n) is 1.38. The van der Waals surface area contributed by atoms with Crippen molar-refractivity contribution in [1.29, 1.82) is 0 Å². The Morgan fingerprint density at radius 3 is 2.60 bits per heavy atom. The van der Waals surface area contributed by atoms with Crippen LogP contribution in [0.5, 0.6) is 0 Å². The van der Waals surface area contributed by atoms with Crippen LogP contribution in [-0.2, 0) is 24.3 Å². The fourth-order valence-corrected chi connectivity index (χ4v) is 1.93. The molecular weight excluding hydrogens is 284 g/mol. The number of sulfonamides is 1. The molecule has 1 amide bonds. The molecule has 0 heterocycles. The van der Waals surface area contributed by atoms with Crippen LogP contribution in [0.15, 0.2) is 24.3 Å². The third-order valence-corrected chi connectivity index (χ3v) is 2.72. The molecule has 1 aromatic rings. The lowest BCUT2D eigenvalue weighted by molar-refractivity contribution is -0.121. The first-order valence-corrected chi connectivity index (χ1v) is 7.74. The summed E-state index contributed by atoms with van der Waals surface area (Å²) in [6.45, 7) is 0.660. The van der Waals surface area contributed by atoms with Gasteiger partial charge in [-0.3, -0.25) is 9.52 Å². The Kier molecular flexibility index (Phi) is 6.43. The van der Waals surface area contributed by atoms with Gasteiger partial charge in [-0.15, -0.1) is 0 Å². The standard InChI is InChI=1S/C12H18N2O5S/c1-18-6-7-19-9-12(15)13-10-4-3-5-11(8-10)14-20(2,16)17/h3-5,8,14H,6-7,9H2,1-2H3,(H,13,15). The van der Waals surface area contributed by atoms with E-state index in [0.29, 0.717) is 24.6 Å². The van der Waals surface area contributed by atoms with Crippen LogP contribution in [0.1, 0.15) is 0 Å². The molecule has 7 nitrogen and oxygen atoms in total. The average Bonchev–Trinajstić information content (AvgIpc) is 2.33. The zero-order valence-corrected chi connectivity index (χ0v) is 12.2. The molecule has 1 rings (SSSR count). The van der Waals surface area contributed by atoms with Crippen LogP contribution in [0.2, 0.25) is 0 Å². The van der Waals surface area contributed by atoms with E-state index >= 15 is 0 Å². The summed E-state index contributed by atoms with van der Waals surface area (Å²) in [5.41, 5.74) is 0.865. The molecule has 2 N–H and O–H groups in total. The van der Waals surface area contributed by atoms with Crippen LogP contribution in [0.25, 0.3) is 0 Å². The van der Waals surface area contributed by atoms with Crippen molar-refractivity contribution in [3.05, 3.63) is 24.3 Å². The minimum atomic E-state index is -3.34. The minimum Gasteiger partial charge on any atom is -0.382 e. The molecule has 0 saturated heterocycles. The molecule has 0 unspecified atom stereocenters. The number of nitrogens with one attached hydrogen (secondary N) is 2. The van der Waals surface area contributed by atoms with Gasteiger partial charge < -0.3 is 14.8 Å². The maximum atomic E-state index is 11.6. The number of benzene rings is 1. The van der Waals surface area contributed by atoms with Crippen LogP contribution in [-0.4, -0.2) is 47.5 Å². The molecule has 112 valence electrons. The Morgan fingerprint density at radius 1 is 1.25 bits per heavy atom. The van der Waals surface area contributed by atoms with Crippen molar-refractivity contribution in [3.63, 3.8) is 0 Å². The summed E-state index contributed by atoms with van der Waals surface area (Å²) in [5, 5.41) is 2.61. The Morgan fingerprint density at radius 2 is 1.95 bits per heavy atom. The second-order valence-corrected chi connectivity index (χ2v) is 5.80. The predicted octanol–water partition coefficient (Wildman–Crippen LogP) is 0.660.